The Balaban J connectivity index is 1.69. The summed E-state index contributed by atoms with van der Waals surface area (Å²) in [6, 6.07) is 9.12. The van der Waals surface area contributed by atoms with Gasteiger partial charge in [0.2, 0.25) is 5.95 Å². The van der Waals surface area contributed by atoms with Gasteiger partial charge in [0.15, 0.2) is 5.69 Å². The van der Waals surface area contributed by atoms with Crippen LogP contribution in [0.3, 0.4) is 0 Å². The average Bonchev–Trinajstić information content (AvgIpc) is 3.11. The molecule has 1 aromatic carbocycles. The smallest absolute Gasteiger partial charge is 0.278 e. The Bertz CT molecular complexity index is 809. The Kier molecular flexibility index (Phi) is 3.88. The summed E-state index contributed by atoms with van der Waals surface area (Å²) in [5.74, 6) is -0.126. The molecule has 1 amide bonds. The predicted molar refractivity (Wildman–Crippen MR) is 81.7 cm³/mol. The van der Waals surface area contributed by atoms with Crippen molar-refractivity contribution < 1.29 is 4.79 Å². The highest BCUT2D eigenvalue weighted by Gasteiger charge is 2.12. The summed E-state index contributed by atoms with van der Waals surface area (Å²) < 4.78 is 3.16. The molecule has 0 aliphatic rings. The fraction of sp³-hybridized carbons (Fsp3) is 0.143. The normalized spacial score (nSPS) is 10.6. The van der Waals surface area contributed by atoms with E-state index in [0.29, 0.717) is 17.3 Å². The van der Waals surface area contributed by atoms with E-state index < -0.39 is 0 Å². The first kappa shape index (κ1) is 14.3. The van der Waals surface area contributed by atoms with Gasteiger partial charge in [-0.1, -0.05) is 29.8 Å². The minimum absolute atomic E-state index is 0.225. The summed E-state index contributed by atoms with van der Waals surface area (Å²) in [6.07, 6.45) is 3.23. The molecule has 22 heavy (non-hydrogen) atoms. The maximum atomic E-state index is 12.0. The highest BCUT2D eigenvalue weighted by Crippen LogP contribution is 2.16. The van der Waals surface area contributed by atoms with Gasteiger partial charge in [0.25, 0.3) is 5.91 Å². The topological polar surface area (TPSA) is 77.6 Å². The number of hydrogen-bond acceptors (Lipinski definition) is 4. The van der Waals surface area contributed by atoms with E-state index >= 15 is 0 Å². The maximum Gasteiger partial charge on any atom is 0.278 e. The Morgan fingerprint density at radius 3 is 2.82 bits per heavy atom. The van der Waals surface area contributed by atoms with E-state index in [1.807, 2.05) is 24.3 Å². The third kappa shape index (κ3) is 3.15. The number of amides is 1. The largest absolute Gasteiger partial charge is 0.288 e. The second-order valence-corrected chi connectivity index (χ2v) is 5.09. The molecule has 0 bridgehead atoms. The lowest BCUT2D eigenvalue weighted by Crippen LogP contribution is -2.14. The molecule has 0 saturated heterocycles. The van der Waals surface area contributed by atoms with Gasteiger partial charge in [-0.25, -0.2) is 9.67 Å². The molecule has 0 saturated carbocycles. The molecule has 0 fully saturated rings. The summed E-state index contributed by atoms with van der Waals surface area (Å²) in [6.45, 7) is 0.478. The van der Waals surface area contributed by atoms with Crippen molar-refractivity contribution in [3.8, 4) is 0 Å². The van der Waals surface area contributed by atoms with Gasteiger partial charge in [-0.2, -0.15) is 5.10 Å². The SMILES string of the molecule is Cn1ccc(C(=O)Nc2ncn(Cc3ccccc3Cl)n2)n1. The van der Waals surface area contributed by atoms with Crippen LogP contribution in [0.15, 0.2) is 42.9 Å². The van der Waals surface area contributed by atoms with Crippen molar-refractivity contribution in [3.63, 3.8) is 0 Å². The van der Waals surface area contributed by atoms with Crippen LogP contribution in [0.25, 0.3) is 0 Å². The van der Waals surface area contributed by atoms with Crippen LogP contribution >= 0.6 is 11.6 Å². The molecule has 3 aromatic rings. The third-order valence-electron chi connectivity index (χ3n) is 3.00. The summed E-state index contributed by atoms with van der Waals surface area (Å²) >= 11 is 6.11. The lowest BCUT2D eigenvalue weighted by atomic mass is 10.2. The van der Waals surface area contributed by atoms with Crippen LogP contribution in [-0.2, 0) is 13.6 Å². The zero-order valence-electron chi connectivity index (χ0n) is 11.8. The molecular formula is C14H13ClN6O. The maximum absolute atomic E-state index is 12.0. The third-order valence-corrected chi connectivity index (χ3v) is 3.37. The van der Waals surface area contributed by atoms with Crippen molar-refractivity contribution in [2.24, 2.45) is 7.05 Å². The van der Waals surface area contributed by atoms with Crippen molar-refractivity contribution in [2.75, 3.05) is 5.32 Å². The molecule has 0 aliphatic carbocycles. The molecule has 8 heteroatoms. The fourth-order valence-corrected chi connectivity index (χ4v) is 2.13. The molecule has 0 atom stereocenters. The van der Waals surface area contributed by atoms with Gasteiger partial charge in [0, 0.05) is 18.3 Å². The zero-order valence-corrected chi connectivity index (χ0v) is 12.5. The number of hydrogen-bond donors (Lipinski definition) is 1. The van der Waals surface area contributed by atoms with Crippen LogP contribution in [-0.4, -0.2) is 30.5 Å². The van der Waals surface area contributed by atoms with Gasteiger partial charge < -0.3 is 0 Å². The molecule has 0 radical (unpaired) electrons. The lowest BCUT2D eigenvalue weighted by molar-refractivity contribution is 0.102. The quantitative estimate of drug-likeness (QED) is 0.798. The highest BCUT2D eigenvalue weighted by molar-refractivity contribution is 6.31. The Labute approximate surface area is 131 Å². The van der Waals surface area contributed by atoms with Crippen molar-refractivity contribution in [1.82, 2.24) is 24.5 Å². The van der Waals surface area contributed by atoms with E-state index in [-0.39, 0.29) is 11.9 Å². The van der Waals surface area contributed by atoms with Crippen molar-refractivity contribution in [2.45, 2.75) is 6.54 Å². The first-order chi connectivity index (χ1) is 10.6. The first-order valence-electron chi connectivity index (χ1n) is 6.55. The summed E-state index contributed by atoms with van der Waals surface area (Å²) in [7, 11) is 1.74. The predicted octanol–water partition coefficient (Wildman–Crippen LogP) is 1.97. The van der Waals surface area contributed by atoms with E-state index in [2.05, 4.69) is 20.5 Å². The molecule has 3 rings (SSSR count). The minimum atomic E-state index is -0.351. The number of aryl methyl sites for hydroxylation is 1. The van der Waals surface area contributed by atoms with Gasteiger partial charge in [0.05, 0.1) is 6.54 Å². The lowest BCUT2D eigenvalue weighted by Gasteiger charge is -2.03. The molecule has 0 spiro atoms. The van der Waals surface area contributed by atoms with Crippen LogP contribution in [0.5, 0.6) is 0 Å². The number of halogens is 1. The van der Waals surface area contributed by atoms with E-state index in [4.69, 9.17) is 11.6 Å². The van der Waals surface area contributed by atoms with Crippen LogP contribution < -0.4 is 5.32 Å². The number of anilines is 1. The number of aromatic nitrogens is 5. The van der Waals surface area contributed by atoms with E-state index in [1.165, 1.54) is 6.33 Å². The molecule has 1 N–H and O–H groups in total. The standard InChI is InChI=1S/C14H13ClN6O/c1-20-7-6-12(18-20)13(22)17-14-16-9-21(19-14)8-10-4-2-3-5-11(10)15/h2-7,9H,8H2,1H3,(H,17,19,22). The van der Waals surface area contributed by atoms with Gasteiger partial charge in [0.1, 0.15) is 6.33 Å². The van der Waals surface area contributed by atoms with Crippen LogP contribution in [0.1, 0.15) is 16.1 Å². The van der Waals surface area contributed by atoms with Crippen LogP contribution in [0.2, 0.25) is 5.02 Å². The number of rotatable bonds is 4. The van der Waals surface area contributed by atoms with Gasteiger partial charge in [-0.3, -0.25) is 14.8 Å². The number of benzene rings is 1. The van der Waals surface area contributed by atoms with Crippen LogP contribution in [0, 0.1) is 0 Å². The van der Waals surface area contributed by atoms with E-state index in [9.17, 15) is 4.79 Å². The summed E-state index contributed by atoms with van der Waals surface area (Å²) in [5, 5.41) is 11.5. The van der Waals surface area contributed by atoms with Gasteiger partial charge in [-0.05, 0) is 17.7 Å². The molecule has 7 nitrogen and oxygen atoms in total. The van der Waals surface area contributed by atoms with Crippen molar-refractivity contribution >= 4 is 23.5 Å². The second kappa shape index (κ2) is 5.98. The Morgan fingerprint density at radius 2 is 2.09 bits per heavy atom. The molecule has 112 valence electrons. The van der Waals surface area contributed by atoms with Crippen LogP contribution in [0.4, 0.5) is 5.95 Å². The monoisotopic (exact) mass is 316 g/mol. The van der Waals surface area contributed by atoms with Crippen molar-refractivity contribution in [3.05, 3.63) is 59.1 Å². The Hall–Kier alpha value is -2.67. The molecule has 0 aliphatic heterocycles. The highest BCUT2D eigenvalue weighted by atomic mass is 35.5. The minimum Gasteiger partial charge on any atom is -0.288 e. The summed E-state index contributed by atoms with van der Waals surface area (Å²) in [5.41, 5.74) is 1.24. The Morgan fingerprint density at radius 1 is 1.27 bits per heavy atom. The first-order valence-corrected chi connectivity index (χ1v) is 6.93. The second-order valence-electron chi connectivity index (χ2n) is 4.69. The number of carbonyl (C=O) groups is 1. The molecule has 2 aromatic heterocycles. The average molecular weight is 317 g/mol. The number of carbonyl (C=O) groups excluding carboxylic acids is 1. The zero-order chi connectivity index (χ0) is 15.5. The molecule has 0 unspecified atom stereocenters. The van der Waals surface area contributed by atoms with E-state index in [1.54, 1.807) is 28.7 Å². The van der Waals surface area contributed by atoms with E-state index in [0.717, 1.165) is 5.56 Å². The molecular weight excluding hydrogens is 304 g/mol. The number of nitrogens with zero attached hydrogens (tertiary/aromatic N) is 5. The van der Waals surface area contributed by atoms with Crippen molar-refractivity contribution in [1.29, 1.82) is 0 Å². The summed E-state index contributed by atoms with van der Waals surface area (Å²) in [4.78, 5) is 16.0. The number of nitrogens with one attached hydrogen (secondary N) is 1. The van der Waals surface area contributed by atoms with Gasteiger partial charge >= 0.3 is 0 Å². The molecule has 2 heterocycles. The van der Waals surface area contributed by atoms with Gasteiger partial charge in [-0.15, -0.1) is 5.10 Å². The fourth-order valence-electron chi connectivity index (χ4n) is 1.93.